The van der Waals surface area contributed by atoms with Crippen LogP contribution in [-0.4, -0.2) is 21.3 Å². The van der Waals surface area contributed by atoms with Crippen molar-refractivity contribution in [3.05, 3.63) is 0 Å². The van der Waals surface area contributed by atoms with Crippen molar-refractivity contribution < 1.29 is 14.4 Å². The van der Waals surface area contributed by atoms with Crippen LogP contribution < -0.4 is 5.73 Å². The van der Waals surface area contributed by atoms with Crippen LogP contribution in [0.4, 0.5) is 0 Å². The first kappa shape index (κ1) is 8.46. The van der Waals surface area contributed by atoms with Gasteiger partial charge in [-0.3, -0.25) is 4.57 Å². The van der Waals surface area contributed by atoms with E-state index >= 15 is 0 Å². The highest BCUT2D eigenvalue weighted by molar-refractivity contribution is 7.81. The fourth-order valence-corrected chi connectivity index (χ4v) is 1.37. The second kappa shape index (κ2) is 2.85. The molecule has 6 heteroatoms. The van der Waals surface area contributed by atoms with Crippen LogP contribution in [0.25, 0.3) is 0 Å². The molecule has 0 saturated heterocycles. The molecule has 0 fully saturated rings. The van der Waals surface area contributed by atoms with Gasteiger partial charge in [-0.1, -0.05) is 0 Å². The molecule has 0 rings (SSSR count). The van der Waals surface area contributed by atoms with Gasteiger partial charge >= 0.3 is 7.60 Å². The lowest BCUT2D eigenvalue weighted by Gasteiger charge is -2.04. The molecule has 4 N–H and O–H groups in total. The van der Waals surface area contributed by atoms with Gasteiger partial charge in [0.2, 0.25) is 0 Å². The predicted molar refractivity (Wildman–Crippen MR) is 33.9 cm³/mol. The quantitative estimate of drug-likeness (QED) is 0.244. The molecule has 8 heavy (non-hydrogen) atoms. The highest BCUT2D eigenvalue weighted by atomic mass is 32.1. The molecule has 0 aromatic rings. The summed E-state index contributed by atoms with van der Waals surface area (Å²) in [4.78, 5) is 16.3. The highest BCUT2D eigenvalue weighted by Gasteiger charge is 2.14. The number of thiol groups is 1. The summed E-state index contributed by atoms with van der Waals surface area (Å²) in [6.07, 6.45) is -0.365. The Morgan fingerprint density at radius 3 is 2.12 bits per heavy atom. The molecule has 0 saturated carbocycles. The van der Waals surface area contributed by atoms with Crippen LogP contribution in [0, 0.1) is 0 Å². The number of hydrogen-bond donors (Lipinski definition) is 4. The molecular formula is C2H8NO3PS. The number of rotatable bonds is 2. The number of hydrogen-bond acceptors (Lipinski definition) is 3. The van der Waals surface area contributed by atoms with E-state index in [1.807, 2.05) is 0 Å². The van der Waals surface area contributed by atoms with Crippen molar-refractivity contribution in [2.45, 2.75) is 5.37 Å². The Balaban J connectivity index is 3.56. The lowest BCUT2D eigenvalue weighted by molar-refractivity contribution is 0.373. The maximum atomic E-state index is 10.0. The third-order valence-corrected chi connectivity index (χ3v) is 1.76. The topological polar surface area (TPSA) is 83.6 Å². The second-order valence-corrected chi connectivity index (χ2v) is 3.77. The van der Waals surface area contributed by atoms with Crippen LogP contribution in [0.5, 0.6) is 0 Å². The minimum Gasteiger partial charge on any atom is -0.324 e. The molecule has 0 aliphatic heterocycles. The van der Waals surface area contributed by atoms with Crippen LogP contribution in [-0.2, 0) is 4.57 Å². The molecule has 0 aromatic carbocycles. The first-order chi connectivity index (χ1) is 3.42. The molecule has 0 aliphatic rings. The van der Waals surface area contributed by atoms with Crippen molar-refractivity contribution in [2.75, 3.05) is 6.16 Å². The lowest BCUT2D eigenvalue weighted by atomic mass is 10.8. The van der Waals surface area contributed by atoms with Crippen molar-refractivity contribution in [1.82, 2.24) is 0 Å². The molecule has 1 atom stereocenters. The third-order valence-electron chi connectivity index (χ3n) is 0.425. The van der Waals surface area contributed by atoms with Gasteiger partial charge in [-0.25, -0.2) is 0 Å². The van der Waals surface area contributed by atoms with Gasteiger partial charge in [0, 0.05) is 0 Å². The molecule has 50 valence electrons. The fraction of sp³-hybridized carbons (Fsp3) is 1.00. The van der Waals surface area contributed by atoms with Gasteiger partial charge in [0.05, 0.1) is 11.5 Å². The largest absolute Gasteiger partial charge is 0.327 e. The van der Waals surface area contributed by atoms with E-state index < -0.39 is 13.0 Å². The smallest absolute Gasteiger partial charge is 0.324 e. The Kier molecular flexibility index (Phi) is 3.01. The van der Waals surface area contributed by atoms with E-state index in [1.54, 1.807) is 0 Å². The minimum atomic E-state index is -3.92. The maximum absolute atomic E-state index is 10.0. The Hall–Kier alpha value is 0.460. The fourth-order valence-electron chi connectivity index (χ4n) is 0.244. The average Bonchev–Trinajstić information content (AvgIpc) is 1.21. The molecule has 0 spiro atoms. The molecule has 1 unspecified atom stereocenters. The molecule has 4 nitrogen and oxygen atoms in total. The van der Waals surface area contributed by atoms with Gasteiger partial charge in [-0.05, 0) is 0 Å². The summed E-state index contributed by atoms with van der Waals surface area (Å²) < 4.78 is 10.0. The Bertz CT molecular complexity index is 110. The molecule has 0 heterocycles. The van der Waals surface area contributed by atoms with Crippen LogP contribution in [0.3, 0.4) is 0 Å². The molecule has 0 aromatic heterocycles. The van der Waals surface area contributed by atoms with E-state index in [0.717, 1.165) is 0 Å². The van der Waals surface area contributed by atoms with Crippen molar-refractivity contribution in [2.24, 2.45) is 5.73 Å². The predicted octanol–water partition coefficient (Wildman–Crippen LogP) is -0.621. The van der Waals surface area contributed by atoms with Gasteiger partial charge in [0.15, 0.2) is 0 Å². The summed E-state index contributed by atoms with van der Waals surface area (Å²) in [5, 5.41) is -0.726. The standard InChI is InChI=1S/C2H8NO3PS/c3-2(8)1-7(4,5)6/h2,8H,1,3H2,(H2,4,5,6). The van der Waals surface area contributed by atoms with E-state index in [-0.39, 0.29) is 6.16 Å². The van der Waals surface area contributed by atoms with Crippen LogP contribution in [0.1, 0.15) is 0 Å². The lowest BCUT2D eigenvalue weighted by Crippen LogP contribution is -2.16. The van der Waals surface area contributed by atoms with E-state index in [0.29, 0.717) is 0 Å². The SMILES string of the molecule is NC(S)CP(=O)(O)O. The van der Waals surface area contributed by atoms with Crippen LogP contribution >= 0.6 is 20.2 Å². The summed E-state index contributed by atoms with van der Waals surface area (Å²) in [6, 6.07) is 0. The van der Waals surface area contributed by atoms with Gasteiger partial charge < -0.3 is 15.5 Å². The van der Waals surface area contributed by atoms with Crippen molar-refractivity contribution in [1.29, 1.82) is 0 Å². The molecule has 0 amide bonds. The first-order valence-electron chi connectivity index (χ1n) is 1.90. The van der Waals surface area contributed by atoms with Gasteiger partial charge in [0.25, 0.3) is 0 Å². The Labute approximate surface area is 52.7 Å². The maximum Gasteiger partial charge on any atom is 0.327 e. The second-order valence-electron chi connectivity index (χ2n) is 1.41. The zero-order chi connectivity index (χ0) is 6.78. The van der Waals surface area contributed by atoms with Gasteiger partial charge in [-0.2, -0.15) is 12.6 Å². The average molecular weight is 157 g/mol. The monoisotopic (exact) mass is 157 g/mol. The summed E-state index contributed by atoms with van der Waals surface area (Å²) in [7, 11) is -3.92. The van der Waals surface area contributed by atoms with Crippen LogP contribution in [0.2, 0.25) is 0 Å². The molecule has 0 bridgehead atoms. The van der Waals surface area contributed by atoms with Crippen molar-refractivity contribution >= 4 is 20.2 Å². The van der Waals surface area contributed by atoms with Crippen molar-refractivity contribution in [3.8, 4) is 0 Å². The van der Waals surface area contributed by atoms with E-state index in [1.165, 1.54) is 0 Å². The Morgan fingerprint density at radius 2 is 2.12 bits per heavy atom. The number of nitrogens with two attached hydrogens (primary N) is 1. The molecule has 0 radical (unpaired) electrons. The minimum absolute atomic E-state index is 0.365. The first-order valence-corrected chi connectivity index (χ1v) is 4.21. The molecular weight excluding hydrogens is 149 g/mol. The van der Waals surface area contributed by atoms with E-state index in [4.69, 9.17) is 15.5 Å². The Morgan fingerprint density at radius 1 is 1.75 bits per heavy atom. The van der Waals surface area contributed by atoms with E-state index in [9.17, 15) is 4.57 Å². The zero-order valence-electron chi connectivity index (χ0n) is 4.06. The van der Waals surface area contributed by atoms with Gasteiger partial charge in [0.1, 0.15) is 0 Å². The normalized spacial score (nSPS) is 16.0. The van der Waals surface area contributed by atoms with Crippen molar-refractivity contribution in [3.63, 3.8) is 0 Å². The van der Waals surface area contributed by atoms with Crippen LogP contribution in [0.15, 0.2) is 0 Å². The summed E-state index contributed by atoms with van der Waals surface area (Å²) in [5.41, 5.74) is 4.95. The zero-order valence-corrected chi connectivity index (χ0v) is 5.85. The summed E-state index contributed by atoms with van der Waals surface area (Å²) in [5.74, 6) is 0. The molecule has 0 aliphatic carbocycles. The van der Waals surface area contributed by atoms with Gasteiger partial charge in [-0.15, -0.1) is 0 Å². The van der Waals surface area contributed by atoms with E-state index in [2.05, 4.69) is 12.6 Å². The third kappa shape index (κ3) is 6.46. The highest BCUT2D eigenvalue weighted by Crippen LogP contribution is 2.34. The summed E-state index contributed by atoms with van der Waals surface area (Å²) in [6.45, 7) is 0. The summed E-state index contributed by atoms with van der Waals surface area (Å²) >= 11 is 3.58.